The summed E-state index contributed by atoms with van der Waals surface area (Å²) in [4.78, 5) is 24.5. The van der Waals surface area contributed by atoms with Crippen molar-refractivity contribution in [2.45, 2.75) is 37.6 Å². The Labute approximate surface area is 163 Å². The van der Waals surface area contributed by atoms with E-state index in [4.69, 9.17) is 0 Å². The molecule has 3 heterocycles. The van der Waals surface area contributed by atoms with Crippen molar-refractivity contribution in [2.24, 2.45) is 5.92 Å². The molecule has 146 valence electrons. The highest BCUT2D eigenvalue weighted by atomic mass is 32.2. The molecular weight excluding hydrogens is 376 g/mol. The van der Waals surface area contributed by atoms with Gasteiger partial charge in [-0.05, 0) is 42.0 Å². The minimum atomic E-state index is -3.26. The highest BCUT2D eigenvalue weighted by molar-refractivity contribution is 7.91. The number of carbonyl (C=O) groups is 1. The molecule has 0 spiro atoms. The fourth-order valence-electron chi connectivity index (χ4n) is 3.72. The van der Waals surface area contributed by atoms with E-state index in [1.165, 1.54) is 6.33 Å². The molecule has 4 rings (SSSR count). The second-order valence-electron chi connectivity index (χ2n) is 7.45. The average molecular weight is 398 g/mol. The molecule has 1 aliphatic rings. The molecule has 1 aromatic carbocycles. The largest absolute Gasteiger partial charge is 0.346 e. The first-order valence-electron chi connectivity index (χ1n) is 9.31. The average Bonchev–Trinajstić information content (AvgIpc) is 3.14. The Bertz CT molecular complexity index is 1150. The minimum absolute atomic E-state index is 0.0665. The molecule has 0 radical (unpaired) electrons. The number of rotatable bonds is 4. The molecule has 0 aliphatic carbocycles. The van der Waals surface area contributed by atoms with Crippen molar-refractivity contribution < 1.29 is 13.2 Å². The van der Waals surface area contributed by atoms with Crippen LogP contribution in [0.3, 0.4) is 0 Å². The number of aromatic nitrogens is 3. The van der Waals surface area contributed by atoms with Crippen molar-refractivity contribution >= 4 is 26.8 Å². The Hall–Kier alpha value is -2.74. The molecule has 0 bridgehead atoms. The number of aromatic amines is 1. The van der Waals surface area contributed by atoms with Crippen LogP contribution in [0, 0.1) is 5.92 Å². The lowest BCUT2D eigenvalue weighted by Gasteiger charge is -2.25. The number of sulfone groups is 1. The molecule has 2 aromatic heterocycles. The van der Waals surface area contributed by atoms with Gasteiger partial charge >= 0.3 is 0 Å². The number of amides is 1. The molecule has 0 unspecified atom stereocenters. The second-order valence-corrected chi connectivity index (χ2v) is 9.52. The highest BCUT2D eigenvalue weighted by Gasteiger charge is 2.27. The van der Waals surface area contributed by atoms with Crippen LogP contribution >= 0.6 is 0 Å². The third-order valence-electron chi connectivity index (χ3n) is 5.17. The lowest BCUT2D eigenvalue weighted by molar-refractivity contribution is 0.0922. The summed E-state index contributed by atoms with van der Waals surface area (Å²) in [5.41, 5.74) is 2.53. The number of hydrogen-bond donors (Lipinski definition) is 2. The molecular formula is C20H22N4O3S. The molecule has 3 aromatic rings. The second kappa shape index (κ2) is 7.01. The summed E-state index contributed by atoms with van der Waals surface area (Å²) >= 11 is 0. The summed E-state index contributed by atoms with van der Waals surface area (Å²) in [6.45, 7) is 3.98. The summed E-state index contributed by atoms with van der Waals surface area (Å²) in [6.07, 6.45) is 4.48. The smallest absolute Gasteiger partial charge is 0.271 e. The molecule has 8 heteroatoms. The summed E-state index contributed by atoms with van der Waals surface area (Å²) in [7, 11) is -3.26. The maximum absolute atomic E-state index is 12.9. The van der Waals surface area contributed by atoms with Gasteiger partial charge in [-0.15, -0.1) is 0 Å². The van der Waals surface area contributed by atoms with Crippen LogP contribution in [-0.2, 0) is 16.3 Å². The monoisotopic (exact) mass is 398 g/mol. The first kappa shape index (κ1) is 18.6. The predicted octanol–water partition coefficient (Wildman–Crippen LogP) is 2.80. The van der Waals surface area contributed by atoms with E-state index in [0.29, 0.717) is 28.0 Å². The van der Waals surface area contributed by atoms with Gasteiger partial charge in [-0.2, -0.15) is 0 Å². The third-order valence-corrected chi connectivity index (χ3v) is 7.04. The predicted molar refractivity (Wildman–Crippen MR) is 106 cm³/mol. The maximum Gasteiger partial charge on any atom is 0.271 e. The molecule has 0 fully saturated rings. The van der Waals surface area contributed by atoms with Crippen molar-refractivity contribution in [3.8, 4) is 0 Å². The minimum Gasteiger partial charge on any atom is -0.346 e. The number of nitrogens with zero attached hydrogens (tertiary/aromatic N) is 2. The van der Waals surface area contributed by atoms with Crippen LogP contribution in [0.4, 0.5) is 0 Å². The Balaban J connectivity index is 1.69. The van der Waals surface area contributed by atoms with Gasteiger partial charge in [0.15, 0.2) is 9.84 Å². The van der Waals surface area contributed by atoms with E-state index in [9.17, 15) is 13.2 Å². The van der Waals surface area contributed by atoms with E-state index in [-0.39, 0.29) is 23.6 Å². The topological polar surface area (TPSA) is 105 Å². The molecule has 1 aliphatic heterocycles. The van der Waals surface area contributed by atoms with Crippen LogP contribution < -0.4 is 5.32 Å². The number of hydrogen-bond acceptors (Lipinski definition) is 5. The van der Waals surface area contributed by atoms with Gasteiger partial charge in [0.05, 0.1) is 22.1 Å². The van der Waals surface area contributed by atoms with Gasteiger partial charge in [-0.25, -0.2) is 18.4 Å². The van der Waals surface area contributed by atoms with Crippen molar-refractivity contribution in [1.29, 1.82) is 0 Å². The molecule has 2 N–H and O–H groups in total. The van der Waals surface area contributed by atoms with Gasteiger partial charge in [0.25, 0.3) is 5.91 Å². The first-order chi connectivity index (χ1) is 13.4. The summed E-state index contributed by atoms with van der Waals surface area (Å²) in [6, 6.07) is 6.94. The maximum atomic E-state index is 12.9. The van der Waals surface area contributed by atoms with Gasteiger partial charge < -0.3 is 10.3 Å². The van der Waals surface area contributed by atoms with Gasteiger partial charge in [-0.3, -0.25) is 4.79 Å². The number of benzene rings is 1. The molecule has 7 nitrogen and oxygen atoms in total. The zero-order chi connectivity index (χ0) is 19.9. The lowest BCUT2D eigenvalue weighted by Crippen LogP contribution is -2.32. The number of carbonyl (C=O) groups excluding carboxylic acids is 1. The van der Waals surface area contributed by atoms with Crippen molar-refractivity contribution in [2.75, 3.05) is 5.75 Å². The Morgan fingerprint density at radius 2 is 2.04 bits per heavy atom. The zero-order valence-corrected chi connectivity index (χ0v) is 16.6. The van der Waals surface area contributed by atoms with Crippen LogP contribution in [0.2, 0.25) is 0 Å². The van der Waals surface area contributed by atoms with Crippen molar-refractivity contribution in [3.05, 3.63) is 53.6 Å². The first-order valence-corrected chi connectivity index (χ1v) is 11.0. The third kappa shape index (κ3) is 3.28. The molecule has 1 atom stereocenters. The SMILES string of the molecule is CC(C)[C@H](NC(=O)c1ncnc2[nH]ccc12)c1ccc2c(c1)S(=O)(=O)CCC2. The van der Waals surface area contributed by atoms with E-state index in [0.717, 1.165) is 17.5 Å². The Morgan fingerprint density at radius 3 is 2.82 bits per heavy atom. The fourth-order valence-corrected chi connectivity index (χ4v) is 5.35. The number of fused-ring (bicyclic) bond motifs is 2. The normalized spacial score (nSPS) is 16.7. The lowest BCUT2D eigenvalue weighted by atomic mass is 9.94. The summed E-state index contributed by atoms with van der Waals surface area (Å²) in [5.74, 6) is -0.0719. The quantitative estimate of drug-likeness (QED) is 0.703. The number of nitrogens with one attached hydrogen (secondary N) is 2. The molecule has 0 saturated heterocycles. The van der Waals surface area contributed by atoms with E-state index in [1.807, 2.05) is 26.0 Å². The number of aryl methyl sites for hydroxylation is 1. The van der Waals surface area contributed by atoms with Crippen LogP contribution in [0.25, 0.3) is 11.0 Å². The summed E-state index contributed by atoms with van der Waals surface area (Å²) < 4.78 is 24.9. The van der Waals surface area contributed by atoms with Crippen LogP contribution in [0.5, 0.6) is 0 Å². The highest BCUT2D eigenvalue weighted by Crippen LogP contribution is 2.30. The van der Waals surface area contributed by atoms with Gasteiger partial charge in [0, 0.05) is 6.20 Å². The van der Waals surface area contributed by atoms with Gasteiger partial charge in [0.2, 0.25) is 0 Å². The van der Waals surface area contributed by atoms with E-state index in [2.05, 4.69) is 20.3 Å². The molecule has 1 amide bonds. The zero-order valence-electron chi connectivity index (χ0n) is 15.8. The molecule has 0 saturated carbocycles. The van der Waals surface area contributed by atoms with Gasteiger partial charge in [-0.1, -0.05) is 26.0 Å². The van der Waals surface area contributed by atoms with E-state index in [1.54, 1.807) is 18.3 Å². The fraction of sp³-hybridized carbons (Fsp3) is 0.350. The number of H-pyrrole nitrogens is 1. The standard InChI is InChI=1S/C20H22N4O3S/c1-12(2)17(14-6-5-13-4-3-9-28(26,27)16(13)10-14)24-20(25)18-15-7-8-21-19(15)23-11-22-18/h5-8,10-12,17H,3-4,9H2,1-2H3,(H,24,25)(H,21,22,23)/t17-/m0/s1. The summed E-state index contributed by atoms with van der Waals surface area (Å²) in [5, 5.41) is 3.68. The van der Waals surface area contributed by atoms with Crippen molar-refractivity contribution in [3.63, 3.8) is 0 Å². The Morgan fingerprint density at radius 1 is 1.21 bits per heavy atom. The van der Waals surface area contributed by atoms with E-state index < -0.39 is 9.84 Å². The van der Waals surface area contributed by atoms with Crippen LogP contribution in [0.15, 0.2) is 41.7 Å². The van der Waals surface area contributed by atoms with Crippen LogP contribution in [-0.4, -0.2) is 35.0 Å². The molecule has 28 heavy (non-hydrogen) atoms. The van der Waals surface area contributed by atoms with Crippen molar-refractivity contribution in [1.82, 2.24) is 20.3 Å². The van der Waals surface area contributed by atoms with Gasteiger partial charge in [0.1, 0.15) is 17.7 Å². The van der Waals surface area contributed by atoms with Crippen LogP contribution in [0.1, 0.15) is 47.9 Å². The van der Waals surface area contributed by atoms with E-state index >= 15 is 0 Å². The Kier molecular flexibility index (Phi) is 4.66.